The quantitative estimate of drug-likeness (QED) is 0.247. The third-order valence-electron chi connectivity index (χ3n) is 6.17. The molecule has 2 aromatic carbocycles. The van der Waals surface area contributed by atoms with E-state index in [-0.39, 0.29) is 0 Å². The number of methoxy groups -OCH3 is 1. The van der Waals surface area contributed by atoms with Crippen LogP contribution in [0.1, 0.15) is 44.4 Å². The summed E-state index contributed by atoms with van der Waals surface area (Å²) in [5.74, 6) is 0.957. The van der Waals surface area contributed by atoms with E-state index in [9.17, 15) is 0 Å². The van der Waals surface area contributed by atoms with Crippen LogP contribution in [0.3, 0.4) is 0 Å². The van der Waals surface area contributed by atoms with Crippen molar-refractivity contribution in [2.24, 2.45) is 0 Å². The summed E-state index contributed by atoms with van der Waals surface area (Å²) < 4.78 is 8.46. The maximum Gasteiger partial charge on any atom is 0.119 e. The van der Waals surface area contributed by atoms with Gasteiger partial charge in [0.2, 0.25) is 0 Å². The first-order valence-corrected chi connectivity index (χ1v) is 13.7. The molecule has 5 heteroatoms. The highest BCUT2D eigenvalue weighted by atomic mass is 32.1. The first-order valence-electron chi connectivity index (χ1n) is 12.0. The zero-order valence-electron chi connectivity index (χ0n) is 20.4. The average molecular weight is 481 g/mol. The van der Waals surface area contributed by atoms with Gasteiger partial charge < -0.3 is 15.4 Å². The van der Waals surface area contributed by atoms with Crippen LogP contribution in [0, 0.1) is 0 Å². The Kier molecular flexibility index (Phi) is 8.07. The number of hydrogen-bond acceptors (Lipinski definition) is 5. The monoisotopic (exact) mass is 480 g/mol. The van der Waals surface area contributed by atoms with E-state index < -0.39 is 0 Å². The second kappa shape index (κ2) is 11.0. The van der Waals surface area contributed by atoms with Crippen molar-refractivity contribution in [1.29, 1.82) is 0 Å². The summed E-state index contributed by atoms with van der Waals surface area (Å²) in [6.07, 6.45) is 3.09. The summed E-state index contributed by atoms with van der Waals surface area (Å²) in [7, 11) is 1.77. The van der Waals surface area contributed by atoms with E-state index in [0.29, 0.717) is 18.1 Å². The Morgan fingerprint density at radius 3 is 2.33 bits per heavy atom. The van der Waals surface area contributed by atoms with Crippen molar-refractivity contribution in [2.75, 3.05) is 13.7 Å². The van der Waals surface area contributed by atoms with E-state index >= 15 is 0 Å². The van der Waals surface area contributed by atoms with Gasteiger partial charge in [0.25, 0.3) is 0 Å². The highest BCUT2D eigenvalue weighted by Crippen LogP contribution is 2.34. The lowest BCUT2D eigenvalue weighted by atomic mass is 10.0. The Morgan fingerprint density at radius 1 is 0.848 bits per heavy atom. The van der Waals surface area contributed by atoms with E-state index in [2.05, 4.69) is 85.5 Å². The highest BCUT2D eigenvalue weighted by Gasteiger charge is 2.16. The summed E-state index contributed by atoms with van der Waals surface area (Å²) in [6, 6.07) is 14.5. The second-order valence-electron chi connectivity index (χ2n) is 9.42. The third-order valence-corrected chi connectivity index (χ3v) is 8.30. The second-order valence-corrected chi connectivity index (χ2v) is 11.2. The Hall–Kier alpha value is -1.92. The van der Waals surface area contributed by atoms with Gasteiger partial charge in [-0.05, 0) is 96.1 Å². The molecule has 0 saturated heterocycles. The molecule has 0 aliphatic heterocycles. The van der Waals surface area contributed by atoms with Crippen LogP contribution in [0.5, 0.6) is 5.75 Å². The fourth-order valence-electron chi connectivity index (χ4n) is 4.64. The Morgan fingerprint density at radius 2 is 1.58 bits per heavy atom. The van der Waals surface area contributed by atoms with Gasteiger partial charge in [-0.15, -0.1) is 22.7 Å². The molecule has 176 valence electrons. The van der Waals surface area contributed by atoms with E-state index in [4.69, 9.17) is 4.74 Å². The van der Waals surface area contributed by atoms with E-state index in [1.807, 2.05) is 22.7 Å². The van der Waals surface area contributed by atoms with Gasteiger partial charge in [-0.3, -0.25) is 0 Å². The van der Waals surface area contributed by atoms with Crippen molar-refractivity contribution < 1.29 is 4.74 Å². The number of ether oxygens (including phenoxy) is 1. The van der Waals surface area contributed by atoms with Crippen molar-refractivity contribution in [1.82, 2.24) is 10.6 Å². The molecule has 4 rings (SSSR count). The standard InChI is InChI=1S/C28H36N2OS2/c1-18(2)29-11-10-21-16-33-28-22(14-24(31-5)15-26(21)28)12-19(3)30-20(4)13-23-17-32-27-9-7-6-8-25(23)27/h6-9,14-20,29-30H,10-13H2,1-5H3. The zero-order valence-corrected chi connectivity index (χ0v) is 22.0. The fourth-order valence-corrected chi connectivity index (χ4v) is 6.73. The number of thiophene rings is 2. The summed E-state index contributed by atoms with van der Waals surface area (Å²) in [4.78, 5) is 0. The number of nitrogens with one attached hydrogen (secondary N) is 2. The van der Waals surface area contributed by atoms with Crippen molar-refractivity contribution in [3.63, 3.8) is 0 Å². The van der Waals surface area contributed by atoms with Crippen LogP contribution in [0.2, 0.25) is 0 Å². The maximum atomic E-state index is 5.67. The molecule has 0 aliphatic carbocycles. The minimum absolute atomic E-state index is 0.383. The van der Waals surface area contributed by atoms with E-state index in [1.54, 1.807) is 7.11 Å². The molecule has 3 nitrogen and oxygen atoms in total. The molecule has 2 atom stereocenters. The SMILES string of the molecule is COc1cc(CC(C)NC(C)Cc2csc3ccccc23)c2scc(CCNC(C)C)c2c1. The molecule has 33 heavy (non-hydrogen) atoms. The topological polar surface area (TPSA) is 33.3 Å². The molecule has 0 aliphatic rings. The molecule has 0 spiro atoms. The molecule has 0 fully saturated rings. The summed E-state index contributed by atoms with van der Waals surface area (Å²) >= 11 is 3.72. The summed E-state index contributed by atoms with van der Waals surface area (Å²) in [5.41, 5.74) is 4.25. The van der Waals surface area contributed by atoms with Gasteiger partial charge in [0, 0.05) is 27.5 Å². The van der Waals surface area contributed by atoms with Gasteiger partial charge in [0.05, 0.1) is 7.11 Å². The smallest absolute Gasteiger partial charge is 0.119 e. The van der Waals surface area contributed by atoms with Crippen molar-refractivity contribution in [3.05, 3.63) is 63.8 Å². The number of benzene rings is 2. The largest absolute Gasteiger partial charge is 0.497 e. The lowest BCUT2D eigenvalue weighted by molar-refractivity contribution is 0.414. The minimum atomic E-state index is 0.383. The predicted molar refractivity (Wildman–Crippen MR) is 147 cm³/mol. The number of fused-ring (bicyclic) bond motifs is 2. The molecule has 0 saturated carbocycles. The van der Waals surface area contributed by atoms with Gasteiger partial charge in [-0.25, -0.2) is 0 Å². The minimum Gasteiger partial charge on any atom is -0.497 e. The molecule has 4 aromatic rings. The first-order chi connectivity index (χ1) is 15.9. The Bertz CT molecular complexity index is 1190. The maximum absolute atomic E-state index is 5.67. The average Bonchev–Trinajstić information content (AvgIpc) is 3.38. The van der Waals surface area contributed by atoms with Crippen LogP contribution >= 0.6 is 22.7 Å². The van der Waals surface area contributed by atoms with E-state index in [0.717, 1.165) is 31.6 Å². The van der Waals surface area contributed by atoms with Crippen LogP contribution in [0.25, 0.3) is 20.2 Å². The normalized spacial score (nSPS) is 13.8. The van der Waals surface area contributed by atoms with Crippen molar-refractivity contribution in [3.8, 4) is 5.75 Å². The van der Waals surface area contributed by atoms with Gasteiger partial charge in [0.15, 0.2) is 0 Å². The molecular formula is C28H36N2OS2. The molecule has 2 heterocycles. The van der Waals surface area contributed by atoms with Gasteiger partial charge in [-0.1, -0.05) is 32.0 Å². The number of hydrogen-bond donors (Lipinski definition) is 2. The molecule has 2 aromatic heterocycles. The highest BCUT2D eigenvalue weighted by molar-refractivity contribution is 7.17. The van der Waals surface area contributed by atoms with Crippen molar-refractivity contribution >= 4 is 42.8 Å². The molecule has 0 bridgehead atoms. The van der Waals surface area contributed by atoms with Crippen LogP contribution < -0.4 is 15.4 Å². The lowest BCUT2D eigenvalue weighted by Crippen LogP contribution is -2.37. The van der Waals surface area contributed by atoms with Crippen molar-refractivity contribution in [2.45, 2.75) is 65.1 Å². The van der Waals surface area contributed by atoms with Gasteiger partial charge in [0.1, 0.15) is 5.75 Å². The molecule has 0 radical (unpaired) electrons. The Balaban J connectivity index is 1.45. The number of rotatable bonds is 11. The van der Waals surface area contributed by atoms with Crippen LogP contribution in [-0.4, -0.2) is 31.8 Å². The lowest BCUT2D eigenvalue weighted by Gasteiger charge is -2.21. The van der Waals surface area contributed by atoms with Crippen LogP contribution in [0.15, 0.2) is 47.2 Å². The third kappa shape index (κ3) is 5.96. The molecule has 0 amide bonds. The van der Waals surface area contributed by atoms with Gasteiger partial charge in [-0.2, -0.15) is 0 Å². The summed E-state index contributed by atoms with van der Waals surface area (Å²) in [5, 5.41) is 14.8. The van der Waals surface area contributed by atoms with Crippen LogP contribution in [0.4, 0.5) is 0 Å². The predicted octanol–water partition coefficient (Wildman–Crippen LogP) is 6.82. The first kappa shape index (κ1) is 24.2. The van der Waals surface area contributed by atoms with Crippen LogP contribution in [-0.2, 0) is 19.3 Å². The Labute approximate surface area is 206 Å². The molecule has 2 N–H and O–H groups in total. The zero-order chi connectivity index (χ0) is 23.4. The summed E-state index contributed by atoms with van der Waals surface area (Å²) in [6.45, 7) is 10.00. The fraction of sp³-hybridized carbons (Fsp3) is 0.429. The molecular weight excluding hydrogens is 444 g/mol. The molecule has 2 unspecified atom stereocenters. The van der Waals surface area contributed by atoms with Gasteiger partial charge >= 0.3 is 0 Å². The van der Waals surface area contributed by atoms with E-state index in [1.165, 1.54) is 36.9 Å².